The molecule has 3 heterocycles. The Kier molecular flexibility index (Phi) is 4.52. The van der Waals surface area contributed by atoms with Crippen LogP contribution in [-0.2, 0) is 11.3 Å². The quantitative estimate of drug-likeness (QED) is 0.880. The van der Waals surface area contributed by atoms with Crippen LogP contribution in [0.2, 0.25) is 0 Å². The predicted molar refractivity (Wildman–Crippen MR) is 108 cm³/mol. The van der Waals surface area contributed by atoms with Crippen molar-refractivity contribution in [3.8, 4) is 5.75 Å². The van der Waals surface area contributed by atoms with Crippen LogP contribution in [0.5, 0.6) is 5.75 Å². The van der Waals surface area contributed by atoms with Crippen molar-refractivity contribution in [2.45, 2.75) is 63.4 Å². The number of fused-ring (bicyclic) bond motifs is 1. The summed E-state index contributed by atoms with van der Waals surface area (Å²) in [5.74, 6) is 0.712. The van der Waals surface area contributed by atoms with Crippen molar-refractivity contribution in [3.05, 3.63) is 63.6 Å². The van der Waals surface area contributed by atoms with Crippen LogP contribution >= 0.6 is 0 Å². The molecule has 0 amide bonds. The van der Waals surface area contributed by atoms with Crippen LogP contribution in [0.3, 0.4) is 0 Å². The number of rotatable bonds is 3. The molecule has 0 bridgehead atoms. The Morgan fingerprint density at radius 2 is 1.93 bits per heavy atom. The molecule has 1 N–H and O–H groups in total. The topological polar surface area (TPSA) is 54.6 Å². The van der Waals surface area contributed by atoms with E-state index in [4.69, 9.17) is 9.47 Å². The molecule has 5 heteroatoms. The van der Waals surface area contributed by atoms with Gasteiger partial charge in [-0.15, -0.1) is 0 Å². The second-order valence-electron chi connectivity index (χ2n) is 8.50. The van der Waals surface area contributed by atoms with E-state index in [-0.39, 0.29) is 11.5 Å². The Morgan fingerprint density at radius 3 is 2.61 bits per heavy atom. The number of hydrogen-bond acceptors (Lipinski definition) is 4. The van der Waals surface area contributed by atoms with Gasteiger partial charge >= 0.3 is 0 Å². The fourth-order valence-electron chi connectivity index (χ4n) is 4.63. The molecule has 148 valence electrons. The Bertz CT molecular complexity index is 890. The second-order valence-corrected chi connectivity index (χ2v) is 8.50. The van der Waals surface area contributed by atoms with Crippen LogP contribution in [0.15, 0.2) is 41.3 Å². The maximum absolute atomic E-state index is 11.3. The number of H-pyrrole nitrogens is 1. The molecule has 0 radical (unpaired) electrons. The minimum atomic E-state index is -0.445. The van der Waals surface area contributed by atoms with Crippen LogP contribution in [0.25, 0.3) is 0 Å². The number of nitrogens with zero attached hydrogens (tertiary/aromatic N) is 1. The lowest BCUT2D eigenvalue weighted by Crippen LogP contribution is -2.54. The van der Waals surface area contributed by atoms with E-state index in [9.17, 15) is 4.79 Å². The molecule has 2 fully saturated rings. The van der Waals surface area contributed by atoms with Crippen LogP contribution < -0.4 is 10.3 Å². The fraction of sp³-hybridized carbons (Fsp3) is 0.522. The normalized spacial score (nSPS) is 22.9. The van der Waals surface area contributed by atoms with Crippen molar-refractivity contribution in [2.75, 3.05) is 13.1 Å². The summed E-state index contributed by atoms with van der Waals surface area (Å²) in [6.07, 6.45) is 7.77. The zero-order valence-electron chi connectivity index (χ0n) is 16.4. The smallest absolute Gasteiger partial charge is 0.247 e. The molecule has 28 heavy (non-hydrogen) atoms. The van der Waals surface area contributed by atoms with Gasteiger partial charge < -0.3 is 14.5 Å². The van der Waals surface area contributed by atoms with Gasteiger partial charge in [0.15, 0.2) is 0 Å². The summed E-state index contributed by atoms with van der Waals surface area (Å²) in [6, 6.07) is 10.7. The van der Waals surface area contributed by atoms with Crippen molar-refractivity contribution in [1.29, 1.82) is 0 Å². The molecule has 1 aromatic heterocycles. The Hall–Kier alpha value is -2.11. The maximum Gasteiger partial charge on any atom is 0.247 e. The first-order valence-corrected chi connectivity index (χ1v) is 10.5. The largest absolute Gasteiger partial charge is 0.462 e. The molecule has 1 unspecified atom stereocenters. The summed E-state index contributed by atoms with van der Waals surface area (Å²) < 4.78 is 12.7. The number of piperidine rings is 1. The molecule has 1 saturated heterocycles. The maximum atomic E-state index is 11.3. The van der Waals surface area contributed by atoms with Crippen molar-refractivity contribution in [2.24, 2.45) is 0 Å². The van der Waals surface area contributed by atoms with Gasteiger partial charge in [-0.2, -0.15) is 0 Å². The lowest BCUT2D eigenvalue weighted by Gasteiger charge is -2.47. The van der Waals surface area contributed by atoms with E-state index in [0.717, 1.165) is 48.8 Å². The highest BCUT2D eigenvalue weighted by atomic mass is 16.7. The summed E-state index contributed by atoms with van der Waals surface area (Å²) in [6.45, 7) is 4.89. The summed E-state index contributed by atoms with van der Waals surface area (Å²) >= 11 is 0. The van der Waals surface area contributed by atoms with E-state index in [0.29, 0.717) is 6.61 Å². The predicted octanol–water partition coefficient (Wildman–Crippen LogP) is 3.78. The minimum Gasteiger partial charge on any atom is -0.462 e. The number of aromatic amines is 1. The van der Waals surface area contributed by atoms with Crippen molar-refractivity contribution in [3.63, 3.8) is 0 Å². The molecule has 5 rings (SSSR count). The molecule has 2 aliphatic heterocycles. The van der Waals surface area contributed by atoms with Crippen LogP contribution in [0, 0.1) is 0 Å². The van der Waals surface area contributed by atoms with E-state index in [1.807, 2.05) is 6.07 Å². The van der Waals surface area contributed by atoms with Crippen LogP contribution in [0.4, 0.5) is 0 Å². The molecule has 5 nitrogen and oxygen atoms in total. The third-order valence-electron chi connectivity index (χ3n) is 6.83. The first-order valence-electron chi connectivity index (χ1n) is 10.5. The Balaban J connectivity index is 1.29. The highest BCUT2D eigenvalue weighted by Crippen LogP contribution is 2.40. The van der Waals surface area contributed by atoms with E-state index >= 15 is 0 Å². The van der Waals surface area contributed by atoms with Crippen LogP contribution in [0.1, 0.15) is 61.6 Å². The van der Waals surface area contributed by atoms with E-state index < -0.39 is 5.79 Å². The molecule has 1 spiro atoms. The van der Waals surface area contributed by atoms with Crippen molar-refractivity contribution in [1.82, 2.24) is 9.88 Å². The number of benzene rings is 1. The first kappa shape index (κ1) is 18.0. The lowest BCUT2D eigenvalue weighted by atomic mass is 9.89. The molecule has 1 saturated carbocycles. The number of pyridine rings is 1. The standard InChI is InChI=1S/C23H28N2O3/c1-16(18-6-8-22(26)24-14-18)17-5-7-21-19(13-17)15-27-23(28-21)9-11-25(12-10-23)20-3-2-4-20/h5-8,13-14,16,20H,2-4,9-12,15H2,1H3,(H,24,26). The van der Waals surface area contributed by atoms with Gasteiger partial charge in [-0.3, -0.25) is 9.69 Å². The second kappa shape index (κ2) is 7.05. The summed E-state index contributed by atoms with van der Waals surface area (Å²) in [5.41, 5.74) is 3.34. The number of hydrogen-bond donors (Lipinski definition) is 1. The van der Waals surface area contributed by atoms with Gasteiger partial charge in [-0.05, 0) is 36.1 Å². The monoisotopic (exact) mass is 380 g/mol. The Labute approximate surface area is 165 Å². The van der Waals surface area contributed by atoms with E-state index in [1.165, 1.54) is 24.8 Å². The molecule has 1 aromatic carbocycles. The van der Waals surface area contributed by atoms with Gasteiger partial charge in [0.05, 0.1) is 6.61 Å². The van der Waals surface area contributed by atoms with E-state index in [2.05, 4.69) is 35.0 Å². The fourth-order valence-corrected chi connectivity index (χ4v) is 4.63. The molecular weight excluding hydrogens is 352 g/mol. The molecule has 1 aliphatic carbocycles. The summed E-state index contributed by atoms with van der Waals surface area (Å²) in [7, 11) is 0. The zero-order valence-corrected chi connectivity index (χ0v) is 16.4. The summed E-state index contributed by atoms with van der Waals surface area (Å²) in [5, 5.41) is 0. The first-order chi connectivity index (χ1) is 13.6. The third-order valence-corrected chi connectivity index (χ3v) is 6.83. The van der Waals surface area contributed by atoms with Gasteiger partial charge in [0, 0.05) is 55.7 Å². The van der Waals surface area contributed by atoms with Gasteiger partial charge in [0.2, 0.25) is 11.3 Å². The number of ether oxygens (including phenoxy) is 2. The van der Waals surface area contributed by atoms with Crippen LogP contribution in [-0.4, -0.2) is 34.8 Å². The zero-order chi connectivity index (χ0) is 19.1. The average molecular weight is 380 g/mol. The van der Waals surface area contributed by atoms with Gasteiger partial charge in [0.1, 0.15) is 5.75 Å². The van der Waals surface area contributed by atoms with Crippen molar-refractivity contribution < 1.29 is 9.47 Å². The Morgan fingerprint density at radius 1 is 1.14 bits per heavy atom. The highest BCUT2D eigenvalue weighted by molar-refractivity contribution is 5.42. The van der Waals surface area contributed by atoms with E-state index in [1.54, 1.807) is 12.3 Å². The van der Waals surface area contributed by atoms with Crippen molar-refractivity contribution >= 4 is 0 Å². The SMILES string of the molecule is CC(c1ccc(=O)[nH]c1)c1ccc2c(c1)COC1(CCN(C3CCC3)CC1)O2. The molecular formula is C23H28N2O3. The molecule has 1 atom stereocenters. The lowest BCUT2D eigenvalue weighted by molar-refractivity contribution is -0.231. The number of aromatic nitrogens is 1. The number of nitrogens with one attached hydrogen (secondary N) is 1. The summed E-state index contributed by atoms with van der Waals surface area (Å²) in [4.78, 5) is 16.7. The minimum absolute atomic E-state index is 0.0724. The third kappa shape index (κ3) is 3.27. The van der Waals surface area contributed by atoms with Gasteiger partial charge in [0.25, 0.3) is 0 Å². The number of likely N-dealkylation sites (tertiary alicyclic amines) is 1. The molecule has 2 aromatic rings. The van der Waals surface area contributed by atoms with Gasteiger partial charge in [-0.1, -0.05) is 25.5 Å². The highest BCUT2D eigenvalue weighted by Gasteiger charge is 2.42. The van der Waals surface area contributed by atoms with Gasteiger partial charge in [-0.25, -0.2) is 0 Å². The molecule has 3 aliphatic rings. The average Bonchev–Trinajstić information content (AvgIpc) is 2.68.